The molecule has 0 bridgehead atoms. The van der Waals surface area contributed by atoms with Gasteiger partial charge in [0.2, 0.25) is 0 Å². The first-order valence-corrected chi connectivity index (χ1v) is 7.54. The van der Waals surface area contributed by atoms with Crippen LogP contribution in [0.25, 0.3) is 0 Å². The summed E-state index contributed by atoms with van der Waals surface area (Å²) in [6, 6.07) is 5.12. The third-order valence-corrected chi connectivity index (χ3v) is 4.73. The zero-order valence-electron chi connectivity index (χ0n) is 10.00. The van der Waals surface area contributed by atoms with Gasteiger partial charge in [0.05, 0.1) is 17.1 Å². The zero-order valence-corrected chi connectivity index (χ0v) is 10.8. The molecule has 1 heterocycles. The van der Waals surface area contributed by atoms with Crippen molar-refractivity contribution in [2.24, 2.45) is 0 Å². The van der Waals surface area contributed by atoms with Crippen LogP contribution in [0.3, 0.4) is 0 Å². The number of rotatable bonds is 3. The molecule has 1 aromatic carbocycles. The van der Waals surface area contributed by atoms with E-state index in [0.29, 0.717) is 12.0 Å². The van der Waals surface area contributed by atoms with E-state index in [-0.39, 0.29) is 29.0 Å². The van der Waals surface area contributed by atoms with Crippen LogP contribution in [-0.2, 0) is 9.84 Å². The van der Waals surface area contributed by atoms with E-state index < -0.39 is 15.8 Å². The summed E-state index contributed by atoms with van der Waals surface area (Å²) >= 11 is 0. The number of benzene rings is 1. The summed E-state index contributed by atoms with van der Waals surface area (Å²) in [5.74, 6) is -1.39. The Hall–Kier alpha value is -1.89. The molecule has 1 amide bonds. The SMILES string of the molecule is O=C(O)c1ccc(C(=O)N[C@@H]2CCS(=O)(=O)C2)cc1. The van der Waals surface area contributed by atoms with Crippen LogP contribution in [0, 0.1) is 0 Å². The summed E-state index contributed by atoms with van der Waals surface area (Å²) in [6.07, 6.45) is 0.418. The summed E-state index contributed by atoms with van der Waals surface area (Å²) < 4.78 is 22.5. The lowest BCUT2D eigenvalue weighted by Gasteiger charge is -2.10. The molecule has 102 valence electrons. The average molecular weight is 283 g/mol. The van der Waals surface area contributed by atoms with E-state index in [4.69, 9.17) is 5.11 Å². The predicted octanol–water partition coefficient (Wildman–Crippen LogP) is 0.302. The number of aromatic carboxylic acids is 1. The topological polar surface area (TPSA) is 101 Å². The van der Waals surface area contributed by atoms with Crippen LogP contribution < -0.4 is 5.32 Å². The Morgan fingerprint density at radius 2 is 1.74 bits per heavy atom. The van der Waals surface area contributed by atoms with Gasteiger partial charge in [-0.25, -0.2) is 13.2 Å². The number of carbonyl (C=O) groups excluding carboxylic acids is 1. The quantitative estimate of drug-likeness (QED) is 0.831. The molecule has 0 aromatic heterocycles. The Morgan fingerprint density at radius 3 is 2.21 bits per heavy atom. The molecule has 1 saturated heterocycles. The Kier molecular flexibility index (Phi) is 3.57. The summed E-state index contributed by atoms with van der Waals surface area (Å²) in [4.78, 5) is 22.5. The lowest BCUT2D eigenvalue weighted by Crippen LogP contribution is -2.35. The van der Waals surface area contributed by atoms with E-state index in [1.165, 1.54) is 24.3 Å². The minimum absolute atomic E-state index is 0.0358. The zero-order chi connectivity index (χ0) is 14.0. The van der Waals surface area contributed by atoms with Crippen molar-refractivity contribution in [2.75, 3.05) is 11.5 Å². The molecule has 6 nitrogen and oxygen atoms in total. The van der Waals surface area contributed by atoms with Crippen LogP contribution in [0.4, 0.5) is 0 Å². The molecule has 2 N–H and O–H groups in total. The molecule has 19 heavy (non-hydrogen) atoms. The molecule has 7 heteroatoms. The number of hydrogen-bond donors (Lipinski definition) is 2. The van der Waals surface area contributed by atoms with Gasteiger partial charge in [-0.05, 0) is 30.7 Å². The minimum Gasteiger partial charge on any atom is -0.478 e. The van der Waals surface area contributed by atoms with Crippen LogP contribution in [0.15, 0.2) is 24.3 Å². The van der Waals surface area contributed by atoms with Crippen LogP contribution >= 0.6 is 0 Å². The first-order valence-electron chi connectivity index (χ1n) is 5.72. The van der Waals surface area contributed by atoms with Gasteiger partial charge in [0.25, 0.3) is 5.91 Å². The van der Waals surface area contributed by atoms with E-state index >= 15 is 0 Å². The maximum Gasteiger partial charge on any atom is 0.335 e. The van der Waals surface area contributed by atoms with Gasteiger partial charge in [-0.15, -0.1) is 0 Å². The second-order valence-corrected chi connectivity index (χ2v) is 6.68. The van der Waals surface area contributed by atoms with Gasteiger partial charge < -0.3 is 10.4 Å². The smallest absolute Gasteiger partial charge is 0.335 e. The maximum absolute atomic E-state index is 11.8. The van der Waals surface area contributed by atoms with Gasteiger partial charge in [-0.2, -0.15) is 0 Å². The highest BCUT2D eigenvalue weighted by Gasteiger charge is 2.29. The van der Waals surface area contributed by atoms with Gasteiger partial charge in [-0.1, -0.05) is 0 Å². The predicted molar refractivity (Wildman–Crippen MR) is 67.9 cm³/mol. The number of carboxylic acids is 1. The molecule has 1 aromatic rings. The van der Waals surface area contributed by atoms with Crippen LogP contribution in [-0.4, -0.2) is 42.9 Å². The van der Waals surface area contributed by atoms with Crippen molar-refractivity contribution in [2.45, 2.75) is 12.5 Å². The second kappa shape index (κ2) is 5.00. The van der Waals surface area contributed by atoms with E-state index in [2.05, 4.69) is 5.32 Å². The molecule has 0 saturated carbocycles. The molecule has 1 fully saturated rings. The summed E-state index contributed by atoms with van der Waals surface area (Å²) in [6.45, 7) is 0. The maximum atomic E-state index is 11.8. The molecule has 1 aliphatic rings. The average Bonchev–Trinajstić information content (AvgIpc) is 2.68. The van der Waals surface area contributed by atoms with Crippen molar-refractivity contribution < 1.29 is 23.1 Å². The second-order valence-electron chi connectivity index (χ2n) is 4.46. The van der Waals surface area contributed by atoms with Crippen LogP contribution in [0.5, 0.6) is 0 Å². The standard InChI is InChI=1S/C12H13NO5S/c14-11(13-10-5-6-19(17,18)7-10)8-1-3-9(4-2-8)12(15)16/h1-4,10H,5-7H2,(H,13,14)(H,15,16)/t10-/m1/s1. The summed E-state index contributed by atoms with van der Waals surface area (Å²) in [5.41, 5.74) is 0.411. The van der Waals surface area contributed by atoms with E-state index in [9.17, 15) is 18.0 Å². The fraction of sp³-hybridized carbons (Fsp3) is 0.333. The lowest BCUT2D eigenvalue weighted by atomic mass is 10.1. The molecule has 0 unspecified atom stereocenters. The monoisotopic (exact) mass is 283 g/mol. The fourth-order valence-corrected chi connectivity index (χ4v) is 3.62. The van der Waals surface area contributed by atoms with Crippen molar-refractivity contribution >= 4 is 21.7 Å². The molecule has 1 atom stereocenters. The van der Waals surface area contributed by atoms with Gasteiger partial charge in [-0.3, -0.25) is 4.79 Å². The number of carboxylic acid groups (broad SMARTS) is 1. The van der Waals surface area contributed by atoms with E-state index in [1.807, 2.05) is 0 Å². The first kappa shape index (κ1) is 13.5. The number of nitrogens with one attached hydrogen (secondary N) is 1. The largest absolute Gasteiger partial charge is 0.478 e. The highest BCUT2D eigenvalue weighted by molar-refractivity contribution is 7.91. The first-order chi connectivity index (χ1) is 8.87. The number of hydrogen-bond acceptors (Lipinski definition) is 4. The lowest BCUT2D eigenvalue weighted by molar-refractivity contribution is 0.0696. The molecular weight excluding hydrogens is 270 g/mol. The number of amides is 1. The Labute approximate surface area is 110 Å². The molecule has 0 aliphatic carbocycles. The molecule has 1 aliphatic heterocycles. The number of carbonyl (C=O) groups is 2. The highest BCUT2D eigenvalue weighted by atomic mass is 32.2. The molecule has 2 rings (SSSR count). The summed E-state index contributed by atoms with van der Waals surface area (Å²) in [5, 5.41) is 11.4. The van der Waals surface area contributed by atoms with Crippen molar-refractivity contribution in [1.29, 1.82) is 0 Å². The normalized spacial score (nSPS) is 20.9. The Balaban J connectivity index is 2.02. The third-order valence-electron chi connectivity index (χ3n) is 2.96. The van der Waals surface area contributed by atoms with Gasteiger partial charge in [0.15, 0.2) is 9.84 Å². The Morgan fingerprint density at radius 1 is 1.16 bits per heavy atom. The third kappa shape index (κ3) is 3.31. The summed E-state index contributed by atoms with van der Waals surface area (Å²) in [7, 11) is -3.03. The minimum atomic E-state index is -3.03. The molecular formula is C12H13NO5S. The van der Waals surface area contributed by atoms with E-state index in [1.54, 1.807) is 0 Å². The highest BCUT2D eigenvalue weighted by Crippen LogP contribution is 2.12. The van der Waals surface area contributed by atoms with Crippen molar-refractivity contribution in [3.05, 3.63) is 35.4 Å². The van der Waals surface area contributed by atoms with Gasteiger partial charge in [0, 0.05) is 11.6 Å². The van der Waals surface area contributed by atoms with Crippen LogP contribution in [0.2, 0.25) is 0 Å². The van der Waals surface area contributed by atoms with Crippen molar-refractivity contribution in [3.63, 3.8) is 0 Å². The van der Waals surface area contributed by atoms with E-state index in [0.717, 1.165) is 0 Å². The van der Waals surface area contributed by atoms with Crippen molar-refractivity contribution in [3.8, 4) is 0 Å². The van der Waals surface area contributed by atoms with Crippen molar-refractivity contribution in [1.82, 2.24) is 5.32 Å². The molecule has 0 radical (unpaired) electrons. The Bertz CT molecular complexity index is 606. The van der Waals surface area contributed by atoms with Gasteiger partial charge >= 0.3 is 5.97 Å². The van der Waals surface area contributed by atoms with Crippen LogP contribution in [0.1, 0.15) is 27.1 Å². The fourth-order valence-electron chi connectivity index (χ4n) is 1.94. The molecule has 0 spiro atoms. The number of sulfone groups is 1. The van der Waals surface area contributed by atoms with Gasteiger partial charge in [0.1, 0.15) is 0 Å².